The third kappa shape index (κ3) is 4.09. The molecule has 1 aliphatic heterocycles. The maximum Gasteiger partial charge on any atom is 0.249 e. The second kappa shape index (κ2) is 6.81. The molecule has 1 saturated heterocycles. The Morgan fingerprint density at radius 2 is 2.09 bits per heavy atom. The molecule has 1 heterocycles. The predicted molar refractivity (Wildman–Crippen MR) is 87.8 cm³/mol. The van der Waals surface area contributed by atoms with Crippen LogP contribution in [0.4, 0.5) is 0 Å². The summed E-state index contributed by atoms with van der Waals surface area (Å²) in [6.07, 6.45) is 2.84. The summed E-state index contributed by atoms with van der Waals surface area (Å²) in [6, 6.07) is 7.23. The van der Waals surface area contributed by atoms with Crippen LogP contribution in [0.3, 0.4) is 0 Å². The highest BCUT2D eigenvalue weighted by Gasteiger charge is 2.30. The van der Waals surface area contributed by atoms with E-state index in [4.69, 9.17) is 16.7 Å². The summed E-state index contributed by atoms with van der Waals surface area (Å²) >= 11 is 6.08. The van der Waals surface area contributed by atoms with Crippen molar-refractivity contribution in [1.82, 2.24) is 4.90 Å². The topological polar surface area (TPSA) is 80.5 Å². The number of likely N-dealkylation sites (tertiary alicyclic amines) is 1. The van der Waals surface area contributed by atoms with Gasteiger partial charge in [-0.25, -0.2) is 13.6 Å². The van der Waals surface area contributed by atoms with Crippen molar-refractivity contribution in [2.45, 2.75) is 25.0 Å². The van der Waals surface area contributed by atoms with Gasteiger partial charge >= 0.3 is 0 Å². The Bertz CT molecular complexity index is 700. The number of nitrogens with two attached hydrogens (primary N) is 1. The van der Waals surface area contributed by atoms with Crippen LogP contribution in [0.5, 0.6) is 0 Å². The summed E-state index contributed by atoms with van der Waals surface area (Å²) in [7, 11) is -3.62. The van der Waals surface area contributed by atoms with Crippen molar-refractivity contribution in [3.05, 3.63) is 40.4 Å². The number of sulfonamides is 1. The van der Waals surface area contributed by atoms with Crippen LogP contribution in [-0.2, 0) is 14.8 Å². The molecule has 0 aliphatic carbocycles. The first-order valence-corrected chi connectivity index (χ1v) is 9.01. The molecule has 1 amide bonds. The Morgan fingerprint density at radius 1 is 1.41 bits per heavy atom. The average molecular weight is 343 g/mol. The van der Waals surface area contributed by atoms with Gasteiger partial charge in [-0.2, -0.15) is 0 Å². The van der Waals surface area contributed by atoms with Crippen LogP contribution in [0, 0.1) is 0 Å². The summed E-state index contributed by atoms with van der Waals surface area (Å²) in [5, 5.41) is 5.08. The fraction of sp³-hybridized carbons (Fsp3) is 0.400. The predicted octanol–water partition coefficient (Wildman–Crippen LogP) is 2.02. The third-order valence-corrected chi connectivity index (χ3v) is 5.40. The summed E-state index contributed by atoms with van der Waals surface area (Å²) in [6.45, 7) is 2.39. The van der Waals surface area contributed by atoms with Crippen LogP contribution >= 0.6 is 11.6 Å². The van der Waals surface area contributed by atoms with E-state index in [2.05, 4.69) is 0 Å². The summed E-state index contributed by atoms with van der Waals surface area (Å²) in [5.74, 6) is -0.187. The lowest BCUT2D eigenvalue weighted by Gasteiger charge is -2.31. The van der Waals surface area contributed by atoms with E-state index in [0.29, 0.717) is 30.0 Å². The van der Waals surface area contributed by atoms with Crippen molar-refractivity contribution in [1.29, 1.82) is 0 Å². The first kappa shape index (κ1) is 17.0. The smallest absolute Gasteiger partial charge is 0.249 e. The SMILES string of the molecule is C/C(=C\c1ccccc1Cl)C(=O)N1CCC[C@@H](S(N)(=O)=O)C1. The second-order valence-corrected chi connectivity index (χ2v) is 7.71. The van der Waals surface area contributed by atoms with Crippen molar-refractivity contribution in [2.75, 3.05) is 13.1 Å². The van der Waals surface area contributed by atoms with Gasteiger partial charge in [0, 0.05) is 23.7 Å². The van der Waals surface area contributed by atoms with E-state index >= 15 is 0 Å². The molecule has 0 spiro atoms. The van der Waals surface area contributed by atoms with E-state index in [1.807, 2.05) is 18.2 Å². The van der Waals surface area contributed by atoms with Crippen LogP contribution in [-0.4, -0.2) is 37.6 Å². The number of halogens is 1. The van der Waals surface area contributed by atoms with E-state index in [0.717, 1.165) is 5.56 Å². The summed E-state index contributed by atoms with van der Waals surface area (Å²) in [5.41, 5.74) is 1.28. The lowest BCUT2D eigenvalue weighted by atomic mass is 10.1. The molecular weight excluding hydrogens is 324 g/mol. The molecule has 1 aromatic carbocycles. The van der Waals surface area contributed by atoms with Gasteiger partial charge in [0.2, 0.25) is 15.9 Å². The molecule has 22 heavy (non-hydrogen) atoms. The monoisotopic (exact) mass is 342 g/mol. The Labute approximate surface area is 135 Å². The maximum absolute atomic E-state index is 12.5. The van der Waals surface area contributed by atoms with Crippen molar-refractivity contribution in [3.63, 3.8) is 0 Å². The minimum atomic E-state index is -3.62. The van der Waals surface area contributed by atoms with E-state index in [-0.39, 0.29) is 12.5 Å². The Hall–Kier alpha value is -1.37. The van der Waals surface area contributed by atoms with Crippen LogP contribution < -0.4 is 5.14 Å². The number of carbonyl (C=O) groups excluding carboxylic acids is 1. The number of benzene rings is 1. The van der Waals surface area contributed by atoms with Gasteiger partial charge in [0.1, 0.15) is 0 Å². The van der Waals surface area contributed by atoms with Gasteiger partial charge in [-0.3, -0.25) is 4.79 Å². The molecule has 0 unspecified atom stereocenters. The molecule has 2 rings (SSSR count). The minimum absolute atomic E-state index is 0.144. The quantitative estimate of drug-likeness (QED) is 0.853. The highest BCUT2D eigenvalue weighted by Crippen LogP contribution is 2.21. The van der Waals surface area contributed by atoms with E-state index in [1.54, 1.807) is 24.0 Å². The van der Waals surface area contributed by atoms with Crippen molar-refractivity contribution in [2.24, 2.45) is 5.14 Å². The molecule has 7 heteroatoms. The fourth-order valence-electron chi connectivity index (χ4n) is 2.53. The normalized spacial score (nSPS) is 20.0. The molecule has 2 N–H and O–H groups in total. The molecule has 120 valence electrons. The number of rotatable bonds is 3. The lowest BCUT2D eigenvalue weighted by molar-refractivity contribution is -0.127. The fourth-order valence-corrected chi connectivity index (χ4v) is 3.60. The molecule has 0 radical (unpaired) electrons. The Kier molecular flexibility index (Phi) is 5.26. The zero-order valence-corrected chi connectivity index (χ0v) is 13.9. The molecule has 1 aromatic rings. The van der Waals surface area contributed by atoms with E-state index in [1.165, 1.54) is 0 Å². The van der Waals surface area contributed by atoms with Crippen LogP contribution in [0.1, 0.15) is 25.3 Å². The van der Waals surface area contributed by atoms with Crippen molar-refractivity contribution < 1.29 is 13.2 Å². The number of carbonyl (C=O) groups is 1. The number of hydrogen-bond donors (Lipinski definition) is 1. The molecular formula is C15H19ClN2O3S. The minimum Gasteiger partial charge on any atom is -0.338 e. The van der Waals surface area contributed by atoms with E-state index < -0.39 is 15.3 Å². The highest BCUT2D eigenvalue weighted by molar-refractivity contribution is 7.89. The lowest BCUT2D eigenvalue weighted by Crippen LogP contribution is -2.47. The molecule has 1 aliphatic rings. The Morgan fingerprint density at radius 3 is 2.73 bits per heavy atom. The molecule has 0 bridgehead atoms. The zero-order chi connectivity index (χ0) is 16.3. The van der Waals surface area contributed by atoms with Crippen LogP contribution in [0.15, 0.2) is 29.8 Å². The van der Waals surface area contributed by atoms with Gasteiger partial charge in [-0.15, -0.1) is 0 Å². The molecule has 1 fully saturated rings. The standard InChI is InChI=1S/C15H19ClN2O3S/c1-11(9-12-5-2-3-7-14(12)16)15(19)18-8-4-6-13(10-18)22(17,20)21/h2-3,5,7,9,13H,4,6,8,10H2,1H3,(H2,17,20,21)/b11-9+/t13-/m1/s1. The number of piperidine rings is 1. The van der Waals surface area contributed by atoms with Gasteiger partial charge in [-0.1, -0.05) is 29.8 Å². The van der Waals surface area contributed by atoms with Crippen molar-refractivity contribution in [3.8, 4) is 0 Å². The van der Waals surface area contributed by atoms with Gasteiger partial charge in [-0.05, 0) is 37.5 Å². The van der Waals surface area contributed by atoms with Gasteiger partial charge < -0.3 is 4.90 Å². The Balaban J connectivity index is 2.15. The van der Waals surface area contributed by atoms with Gasteiger partial charge in [0.25, 0.3) is 0 Å². The first-order chi connectivity index (χ1) is 10.3. The number of primary sulfonamides is 1. The highest BCUT2D eigenvalue weighted by atomic mass is 35.5. The van der Waals surface area contributed by atoms with Crippen molar-refractivity contribution >= 4 is 33.6 Å². The number of nitrogens with zero attached hydrogens (tertiary/aromatic N) is 1. The van der Waals surface area contributed by atoms with Crippen LogP contribution in [0.2, 0.25) is 5.02 Å². The van der Waals surface area contributed by atoms with Gasteiger partial charge in [0.05, 0.1) is 5.25 Å². The summed E-state index contributed by atoms with van der Waals surface area (Å²) in [4.78, 5) is 14.0. The molecule has 0 aromatic heterocycles. The van der Waals surface area contributed by atoms with E-state index in [9.17, 15) is 13.2 Å². The van der Waals surface area contributed by atoms with Crippen LogP contribution in [0.25, 0.3) is 6.08 Å². The molecule has 1 atom stereocenters. The molecule has 5 nitrogen and oxygen atoms in total. The largest absolute Gasteiger partial charge is 0.338 e. The average Bonchev–Trinajstić information content (AvgIpc) is 2.48. The zero-order valence-electron chi connectivity index (χ0n) is 12.3. The first-order valence-electron chi connectivity index (χ1n) is 7.03. The van der Waals surface area contributed by atoms with Gasteiger partial charge in [0.15, 0.2) is 0 Å². The molecule has 0 saturated carbocycles. The third-order valence-electron chi connectivity index (χ3n) is 3.74. The maximum atomic E-state index is 12.5. The number of hydrogen-bond acceptors (Lipinski definition) is 3. The summed E-state index contributed by atoms with van der Waals surface area (Å²) < 4.78 is 22.9. The number of amides is 1. The second-order valence-electron chi connectivity index (χ2n) is 5.45.